The van der Waals surface area contributed by atoms with Crippen LogP contribution in [-0.4, -0.2) is 6.36 Å². The zero-order valence-electron chi connectivity index (χ0n) is 13.9. The Labute approximate surface area is 158 Å². The fraction of sp³-hybridized carbons (Fsp3) is 0.100. The van der Waals surface area contributed by atoms with Crippen molar-refractivity contribution in [2.24, 2.45) is 0 Å². The van der Waals surface area contributed by atoms with Gasteiger partial charge < -0.3 is 8.92 Å². The monoisotopic (exact) mass is 389 g/mol. The SMILES string of the molecule is FC(F)(F)Oc1ccc(-c2ccc(-c3cccc4c3OSNC4)cc2)cc1. The predicted molar refractivity (Wildman–Crippen MR) is 99.1 cm³/mol. The number of hydrogen-bond acceptors (Lipinski definition) is 4. The van der Waals surface area contributed by atoms with Gasteiger partial charge in [-0.05, 0) is 28.8 Å². The van der Waals surface area contributed by atoms with Crippen molar-refractivity contribution in [1.29, 1.82) is 0 Å². The first-order valence-corrected chi connectivity index (χ1v) is 8.89. The summed E-state index contributed by atoms with van der Waals surface area (Å²) in [5, 5.41) is 0. The van der Waals surface area contributed by atoms with Gasteiger partial charge in [0.05, 0.1) is 0 Å². The molecule has 7 heteroatoms. The van der Waals surface area contributed by atoms with Gasteiger partial charge in [0.25, 0.3) is 0 Å². The molecule has 138 valence electrons. The van der Waals surface area contributed by atoms with E-state index in [0.29, 0.717) is 0 Å². The van der Waals surface area contributed by atoms with E-state index < -0.39 is 6.36 Å². The number of hydrogen-bond donors (Lipinski definition) is 1. The molecule has 0 aromatic heterocycles. The number of nitrogens with one attached hydrogen (secondary N) is 1. The number of halogens is 3. The van der Waals surface area contributed by atoms with Gasteiger partial charge in [-0.2, -0.15) is 0 Å². The Hall–Kier alpha value is -2.64. The zero-order chi connectivity index (χ0) is 18.9. The molecule has 0 unspecified atom stereocenters. The highest BCUT2D eigenvalue weighted by Gasteiger charge is 2.30. The lowest BCUT2D eigenvalue weighted by atomic mass is 9.98. The van der Waals surface area contributed by atoms with Crippen molar-refractivity contribution in [2.45, 2.75) is 12.9 Å². The van der Waals surface area contributed by atoms with Crippen LogP contribution in [-0.2, 0) is 6.54 Å². The van der Waals surface area contributed by atoms with Gasteiger partial charge in [-0.1, -0.05) is 54.6 Å². The third-order valence-electron chi connectivity index (χ3n) is 4.16. The van der Waals surface area contributed by atoms with Crippen LogP contribution in [0.5, 0.6) is 11.5 Å². The highest BCUT2D eigenvalue weighted by molar-refractivity contribution is 7.93. The molecule has 0 atom stereocenters. The number of para-hydroxylation sites is 1. The molecule has 0 bridgehead atoms. The van der Waals surface area contributed by atoms with Crippen LogP contribution in [0.1, 0.15) is 5.56 Å². The Morgan fingerprint density at radius 3 is 2.15 bits per heavy atom. The molecule has 0 saturated carbocycles. The van der Waals surface area contributed by atoms with Crippen molar-refractivity contribution in [1.82, 2.24) is 4.72 Å². The Bertz CT molecular complexity index is 941. The normalized spacial score (nSPS) is 13.6. The highest BCUT2D eigenvalue weighted by atomic mass is 32.2. The Balaban J connectivity index is 1.58. The van der Waals surface area contributed by atoms with E-state index in [1.807, 2.05) is 42.5 Å². The maximum absolute atomic E-state index is 12.3. The first-order chi connectivity index (χ1) is 13.0. The summed E-state index contributed by atoms with van der Waals surface area (Å²) in [7, 11) is 0. The van der Waals surface area contributed by atoms with Crippen molar-refractivity contribution in [3.63, 3.8) is 0 Å². The molecule has 4 rings (SSSR count). The molecule has 1 N–H and O–H groups in total. The van der Waals surface area contributed by atoms with Crippen LogP contribution >= 0.6 is 12.2 Å². The average molecular weight is 389 g/mol. The van der Waals surface area contributed by atoms with E-state index in [9.17, 15) is 13.2 Å². The van der Waals surface area contributed by atoms with Gasteiger partial charge in [-0.3, -0.25) is 0 Å². The molecule has 3 aromatic rings. The summed E-state index contributed by atoms with van der Waals surface area (Å²) < 4.78 is 49.4. The van der Waals surface area contributed by atoms with Crippen LogP contribution in [0.4, 0.5) is 13.2 Å². The van der Waals surface area contributed by atoms with Gasteiger partial charge in [0, 0.05) is 17.7 Å². The lowest BCUT2D eigenvalue weighted by Gasteiger charge is -2.19. The molecule has 0 spiro atoms. The molecule has 0 saturated heterocycles. The number of fused-ring (bicyclic) bond motifs is 1. The van der Waals surface area contributed by atoms with Crippen LogP contribution in [0.3, 0.4) is 0 Å². The minimum atomic E-state index is -4.69. The second kappa shape index (κ2) is 7.17. The van der Waals surface area contributed by atoms with E-state index in [-0.39, 0.29) is 5.75 Å². The minimum absolute atomic E-state index is 0.234. The molecular formula is C20H14F3NO2S. The second-order valence-corrected chi connectivity index (χ2v) is 6.55. The number of rotatable bonds is 3. The van der Waals surface area contributed by atoms with Gasteiger partial charge >= 0.3 is 6.36 Å². The zero-order valence-corrected chi connectivity index (χ0v) is 14.7. The molecule has 0 amide bonds. The smallest absolute Gasteiger partial charge is 0.409 e. The fourth-order valence-electron chi connectivity index (χ4n) is 2.92. The second-order valence-electron chi connectivity index (χ2n) is 5.93. The standard InChI is InChI=1S/C20H14F3NO2S/c21-20(22,23)25-17-10-8-14(9-11-17)13-4-6-15(7-5-13)18-3-1-2-16-12-24-27-26-19(16)18/h1-11,24H,12H2. The van der Waals surface area contributed by atoms with E-state index in [1.54, 1.807) is 12.1 Å². The minimum Gasteiger partial charge on any atom is -0.409 e. The molecule has 0 radical (unpaired) electrons. The predicted octanol–water partition coefficient (Wildman–Crippen LogP) is 5.96. The fourth-order valence-corrected chi connectivity index (χ4v) is 3.47. The first-order valence-electron chi connectivity index (χ1n) is 8.14. The summed E-state index contributed by atoms with van der Waals surface area (Å²) in [6.45, 7) is 0.734. The van der Waals surface area contributed by atoms with Gasteiger partial charge in [0.1, 0.15) is 18.0 Å². The molecule has 0 aliphatic carbocycles. The summed E-state index contributed by atoms with van der Waals surface area (Å²) in [5.74, 6) is 0.615. The molecule has 1 aliphatic rings. The molecule has 3 nitrogen and oxygen atoms in total. The molecule has 1 heterocycles. The Morgan fingerprint density at radius 1 is 0.852 bits per heavy atom. The highest BCUT2D eigenvalue weighted by Crippen LogP contribution is 2.38. The summed E-state index contributed by atoms with van der Waals surface area (Å²) in [6, 6.07) is 19.6. The largest absolute Gasteiger partial charge is 0.573 e. The third-order valence-corrected chi connectivity index (χ3v) is 4.67. The van der Waals surface area contributed by atoms with E-state index in [2.05, 4.69) is 9.46 Å². The topological polar surface area (TPSA) is 30.5 Å². The van der Waals surface area contributed by atoms with Crippen molar-refractivity contribution in [3.8, 4) is 33.8 Å². The first kappa shape index (κ1) is 17.8. The molecule has 0 fully saturated rings. The molecule has 27 heavy (non-hydrogen) atoms. The van der Waals surface area contributed by atoms with Crippen LogP contribution in [0.2, 0.25) is 0 Å². The van der Waals surface area contributed by atoms with Crippen molar-refractivity contribution < 1.29 is 22.1 Å². The van der Waals surface area contributed by atoms with Crippen molar-refractivity contribution in [2.75, 3.05) is 0 Å². The van der Waals surface area contributed by atoms with Crippen LogP contribution in [0.15, 0.2) is 66.7 Å². The van der Waals surface area contributed by atoms with Crippen LogP contribution < -0.4 is 13.6 Å². The van der Waals surface area contributed by atoms with E-state index in [4.69, 9.17) is 4.18 Å². The summed E-state index contributed by atoms with van der Waals surface area (Å²) in [6.07, 6.45) is -4.69. The van der Waals surface area contributed by atoms with Crippen molar-refractivity contribution in [3.05, 3.63) is 72.3 Å². The molecule has 1 aliphatic heterocycles. The Kier molecular flexibility index (Phi) is 4.72. The quantitative estimate of drug-likeness (QED) is 0.442. The summed E-state index contributed by atoms with van der Waals surface area (Å²) in [4.78, 5) is 0. The lowest BCUT2D eigenvalue weighted by Crippen LogP contribution is -2.16. The van der Waals surface area contributed by atoms with Gasteiger partial charge in [-0.15, -0.1) is 13.2 Å². The number of ether oxygens (including phenoxy) is 1. The van der Waals surface area contributed by atoms with Gasteiger partial charge in [0.2, 0.25) is 0 Å². The van der Waals surface area contributed by atoms with E-state index in [1.165, 1.54) is 24.4 Å². The number of benzene rings is 3. The third kappa shape index (κ3) is 4.04. The van der Waals surface area contributed by atoms with Gasteiger partial charge in [0.15, 0.2) is 5.75 Å². The summed E-state index contributed by atoms with van der Waals surface area (Å²) in [5.41, 5.74) is 4.81. The summed E-state index contributed by atoms with van der Waals surface area (Å²) >= 11 is 1.21. The number of alkyl halides is 3. The van der Waals surface area contributed by atoms with E-state index >= 15 is 0 Å². The van der Waals surface area contributed by atoms with Crippen molar-refractivity contribution >= 4 is 12.2 Å². The Morgan fingerprint density at radius 2 is 1.48 bits per heavy atom. The average Bonchev–Trinajstić information content (AvgIpc) is 2.67. The maximum Gasteiger partial charge on any atom is 0.573 e. The molecular weight excluding hydrogens is 375 g/mol. The maximum atomic E-state index is 12.3. The van der Waals surface area contributed by atoms with Gasteiger partial charge in [-0.25, -0.2) is 4.72 Å². The van der Waals surface area contributed by atoms with E-state index in [0.717, 1.165) is 40.1 Å². The molecule has 3 aromatic carbocycles. The van der Waals surface area contributed by atoms with Crippen LogP contribution in [0.25, 0.3) is 22.3 Å². The lowest BCUT2D eigenvalue weighted by molar-refractivity contribution is -0.274. The van der Waals surface area contributed by atoms with Crippen LogP contribution in [0, 0.1) is 0 Å².